The summed E-state index contributed by atoms with van der Waals surface area (Å²) in [7, 11) is 0. The molecular weight excluding hydrogens is 171 g/mol. The molecule has 70 valence electrons. The highest BCUT2D eigenvalue weighted by Crippen LogP contribution is 2.26. The number of rotatable bonds is 1. The van der Waals surface area contributed by atoms with E-state index >= 15 is 0 Å². The fraction of sp³-hybridized carbons (Fsp3) is 0.400. The third-order valence-corrected chi connectivity index (χ3v) is 2.11. The van der Waals surface area contributed by atoms with Gasteiger partial charge in [-0.3, -0.25) is 0 Å². The van der Waals surface area contributed by atoms with Gasteiger partial charge in [0.05, 0.1) is 13.2 Å². The maximum atomic E-state index is 12.8. The van der Waals surface area contributed by atoms with Gasteiger partial charge in [-0.1, -0.05) is 6.07 Å². The normalized spacial score (nSPS) is 18.0. The van der Waals surface area contributed by atoms with Crippen LogP contribution in [0.25, 0.3) is 0 Å². The Morgan fingerprint density at radius 2 is 2.00 bits per heavy atom. The van der Waals surface area contributed by atoms with E-state index in [2.05, 4.69) is 0 Å². The Balaban J connectivity index is 2.29. The first kappa shape index (κ1) is 8.66. The van der Waals surface area contributed by atoms with Crippen LogP contribution in [-0.4, -0.2) is 13.2 Å². The first-order valence-electron chi connectivity index (χ1n) is 4.26. The van der Waals surface area contributed by atoms with Crippen molar-refractivity contribution in [2.75, 3.05) is 13.2 Å². The molecule has 1 aliphatic rings. The summed E-state index contributed by atoms with van der Waals surface area (Å²) in [5.74, 6) is -0.223. The second kappa shape index (κ2) is 3.44. The number of hydrogen-bond donors (Lipinski definition) is 0. The molecule has 0 atom stereocenters. The van der Waals surface area contributed by atoms with E-state index in [4.69, 9.17) is 9.47 Å². The number of halogens is 1. The van der Waals surface area contributed by atoms with Crippen LogP contribution in [0.3, 0.4) is 0 Å². The molecule has 0 aliphatic carbocycles. The van der Waals surface area contributed by atoms with Gasteiger partial charge in [-0.2, -0.15) is 0 Å². The van der Waals surface area contributed by atoms with Crippen molar-refractivity contribution in [1.82, 2.24) is 0 Å². The molecule has 3 heteroatoms. The predicted molar refractivity (Wildman–Crippen MR) is 45.8 cm³/mol. The van der Waals surface area contributed by atoms with E-state index in [1.807, 2.05) is 6.92 Å². The molecule has 1 fully saturated rings. The van der Waals surface area contributed by atoms with Crippen LogP contribution >= 0.6 is 0 Å². The van der Waals surface area contributed by atoms with Crippen LogP contribution in [0.2, 0.25) is 0 Å². The average molecular weight is 182 g/mol. The summed E-state index contributed by atoms with van der Waals surface area (Å²) in [6.45, 7) is 3.08. The van der Waals surface area contributed by atoms with Crippen LogP contribution < -0.4 is 0 Å². The van der Waals surface area contributed by atoms with Crippen molar-refractivity contribution in [2.24, 2.45) is 0 Å². The molecule has 2 nitrogen and oxygen atoms in total. The quantitative estimate of drug-likeness (QED) is 0.662. The van der Waals surface area contributed by atoms with E-state index in [-0.39, 0.29) is 12.1 Å². The van der Waals surface area contributed by atoms with Gasteiger partial charge in [0, 0.05) is 5.56 Å². The highest BCUT2D eigenvalue weighted by molar-refractivity contribution is 5.27. The highest BCUT2D eigenvalue weighted by Gasteiger charge is 2.19. The van der Waals surface area contributed by atoms with Crippen molar-refractivity contribution in [3.8, 4) is 0 Å². The van der Waals surface area contributed by atoms with Gasteiger partial charge in [-0.05, 0) is 24.6 Å². The first-order chi connectivity index (χ1) is 6.27. The zero-order valence-electron chi connectivity index (χ0n) is 7.42. The molecule has 1 aliphatic heterocycles. The molecule has 2 rings (SSSR count). The van der Waals surface area contributed by atoms with Gasteiger partial charge >= 0.3 is 0 Å². The van der Waals surface area contributed by atoms with E-state index in [0.717, 1.165) is 11.1 Å². The minimum absolute atomic E-state index is 0.223. The predicted octanol–water partition coefficient (Wildman–Crippen LogP) is 2.18. The zero-order chi connectivity index (χ0) is 9.26. The van der Waals surface area contributed by atoms with Gasteiger partial charge < -0.3 is 9.47 Å². The molecule has 13 heavy (non-hydrogen) atoms. The summed E-state index contributed by atoms with van der Waals surface area (Å²) >= 11 is 0. The van der Waals surface area contributed by atoms with Crippen molar-refractivity contribution >= 4 is 0 Å². The minimum atomic E-state index is -0.305. The molecule has 0 unspecified atom stereocenters. The molecule has 0 radical (unpaired) electrons. The molecule has 0 saturated carbocycles. The third-order valence-electron chi connectivity index (χ3n) is 2.11. The van der Waals surface area contributed by atoms with Crippen molar-refractivity contribution < 1.29 is 13.9 Å². The lowest BCUT2D eigenvalue weighted by atomic mass is 10.1. The summed E-state index contributed by atoms with van der Waals surface area (Å²) in [4.78, 5) is 0. The van der Waals surface area contributed by atoms with Gasteiger partial charge in [0.2, 0.25) is 0 Å². The zero-order valence-corrected chi connectivity index (χ0v) is 7.42. The van der Waals surface area contributed by atoms with Crippen LogP contribution in [0.1, 0.15) is 17.4 Å². The lowest BCUT2D eigenvalue weighted by Gasteiger charge is -2.11. The highest BCUT2D eigenvalue weighted by atomic mass is 19.1. The second-order valence-corrected chi connectivity index (χ2v) is 3.07. The largest absolute Gasteiger partial charge is 0.346 e. The maximum absolute atomic E-state index is 12.8. The fourth-order valence-electron chi connectivity index (χ4n) is 1.44. The Bertz CT molecular complexity index is 306. The molecular formula is C10H11FO2. The minimum Gasteiger partial charge on any atom is -0.346 e. The van der Waals surface area contributed by atoms with Crippen LogP contribution in [0.5, 0.6) is 0 Å². The van der Waals surface area contributed by atoms with E-state index in [1.165, 1.54) is 12.1 Å². The van der Waals surface area contributed by atoms with Gasteiger partial charge in [0.15, 0.2) is 6.29 Å². The van der Waals surface area contributed by atoms with Gasteiger partial charge in [0.1, 0.15) is 5.82 Å². The summed E-state index contributed by atoms with van der Waals surface area (Å²) in [5, 5.41) is 0. The lowest BCUT2D eigenvalue weighted by Crippen LogP contribution is -2.00. The second-order valence-electron chi connectivity index (χ2n) is 3.07. The van der Waals surface area contributed by atoms with Crippen LogP contribution in [0, 0.1) is 12.7 Å². The van der Waals surface area contributed by atoms with Crippen molar-refractivity contribution in [3.05, 3.63) is 35.1 Å². The van der Waals surface area contributed by atoms with Crippen molar-refractivity contribution in [1.29, 1.82) is 0 Å². The van der Waals surface area contributed by atoms with E-state index < -0.39 is 0 Å². The molecule has 0 amide bonds. The molecule has 0 N–H and O–H groups in total. The van der Waals surface area contributed by atoms with Gasteiger partial charge in [-0.15, -0.1) is 0 Å². The van der Waals surface area contributed by atoms with E-state index in [0.29, 0.717) is 13.2 Å². The molecule has 1 saturated heterocycles. The Labute approximate surface area is 76.3 Å². The monoisotopic (exact) mass is 182 g/mol. The van der Waals surface area contributed by atoms with E-state index in [9.17, 15) is 4.39 Å². The van der Waals surface area contributed by atoms with Crippen molar-refractivity contribution in [3.63, 3.8) is 0 Å². The average Bonchev–Trinajstić information content (AvgIpc) is 2.56. The molecule has 0 aromatic heterocycles. The van der Waals surface area contributed by atoms with Gasteiger partial charge in [-0.25, -0.2) is 4.39 Å². The van der Waals surface area contributed by atoms with Crippen molar-refractivity contribution in [2.45, 2.75) is 13.2 Å². The lowest BCUT2D eigenvalue weighted by molar-refractivity contribution is -0.0445. The Hall–Kier alpha value is -0.930. The molecule has 1 aromatic carbocycles. The smallest absolute Gasteiger partial charge is 0.184 e. The molecule has 0 spiro atoms. The van der Waals surface area contributed by atoms with Crippen LogP contribution in [-0.2, 0) is 9.47 Å². The molecule has 1 heterocycles. The van der Waals surface area contributed by atoms with Crippen LogP contribution in [0.15, 0.2) is 18.2 Å². The molecule has 0 bridgehead atoms. The SMILES string of the molecule is Cc1cc(F)ccc1C1OCCO1. The Morgan fingerprint density at radius 3 is 2.62 bits per heavy atom. The summed E-state index contributed by atoms with van der Waals surface area (Å²) < 4.78 is 23.4. The number of hydrogen-bond acceptors (Lipinski definition) is 2. The topological polar surface area (TPSA) is 18.5 Å². The Morgan fingerprint density at radius 1 is 1.31 bits per heavy atom. The standard InChI is InChI=1S/C10H11FO2/c1-7-6-8(11)2-3-9(7)10-12-4-5-13-10/h2-3,6,10H,4-5H2,1H3. The summed E-state index contributed by atoms with van der Waals surface area (Å²) in [6, 6.07) is 4.62. The number of ether oxygens (including phenoxy) is 2. The van der Waals surface area contributed by atoms with Gasteiger partial charge in [0.25, 0.3) is 0 Å². The number of aryl methyl sites for hydroxylation is 1. The third kappa shape index (κ3) is 1.71. The molecule has 1 aromatic rings. The van der Waals surface area contributed by atoms with Crippen LogP contribution in [0.4, 0.5) is 4.39 Å². The number of benzene rings is 1. The summed E-state index contributed by atoms with van der Waals surface area (Å²) in [5.41, 5.74) is 1.78. The Kier molecular flexibility index (Phi) is 2.29. The fourth-order valence-corrected chi connectivity index (χ4v) is 1.44. The summed E-state index contributed by atoms with van der Waals surface area (Å²) in [6.07, 6.45) is -0.305. The van der Waals surface area contributed by atoms with E-state index in [1.54, 1.807) is 6.07 Å². The maximum Gasteiger partial charge on any atom is 0.184 e. The first-order valence-corrected chi connectivity index (χ1v) is 4.26.